The van der Waals surface area contributed by atoms with E-state index >= 15 is 0 Å². The van der Waals surface area contributed by atoms with Gasteiger partial charge in [0.15, 0.2) is 5.78 Å². The summed E-state index contributed by atoms with van der Waals surface area (Å²) >= 11 is 0. The number of nitrogens with zero attached hydrogens (tertiary/aromatic N) is 2. The highest BCUT2D eigenvalue weighted by molar-refractivity contribution is 6.04. The molecule has 0 aliphatic heterocycles. The van der Waals surface area contributed by atoms with Gasteiger partial charge in [0.05, 0.1) is 18.3 Å². The highest BCUT2D eigenvalue weighted by atomic mass is 16.1. The first-order valence-electron chi connectivity index (χ1n) is 7.60. The molecule has 0 fully saturated rings. The van der Waals surface area contributed by atoms with Crippen molar-refractivity contribution in [1.82, 2.24) is 9.78 Å². The van der Waals surface area contributed by atoms with Crippen molar-refractivity contribution < 1.29 is 9.59 Å². The van der Waals surface area contributed by atoms with E-state index in [0.717, 1.165) is 5.56 Å². The maximum absolute atomic E-state index is 12.3. The van der Waals surface area contributed by atoms with E-state index in [1.165, 1.54) is 13.1 Å². The van der Waals surface area contributed by atoms with Crippen LogP contribution in [0.2, 0.25) is 0 Å². The van der Waals surface area contributed by atoms with Gasteiger partial charge in [-0.3, -0.25) is 14.3 Å². The van der Waals surface area contributed by atoms with E-state index in [2.05, 4.69) is 10.4 Å². The summed E-state index contributed by atoms with van der Waals surface area (Å²) in [7, 11) is 0. The molecule has 1 amide bonds. The van der Waals surface area contributed by atoms with Crippen LogP contribution in [0.5, 0.6) is 0 Å². The number of nitrogens with one attached hydrogen (secondary N) is 1. The maximum atomic E-state index is 12.3. The lowest BCUT2D eigenvalue weighted by Gasteiger charge is -2.05. The molecule has 5 nitrogen and oxygen atoms in total. The Kier molecular flexibility index (Phi) is 4.52. The molecule has 0 aliphatic rings. The van der Waals surface area contributed by atoms with Crippen molar-refractivity contribution >= 4 is 17.4 Å². The van der Waals surface area contributed by atoms with Gasteiger partial charge in [-0.1, -0.05) is 42.5 Å². The third kappa shape index (κ3) is 3.76. The number of amides is 1. The largest absolute Gasteiger partial charge is 0.322 e. The van der Waals surface area contributed by atoms with E-state index < -0.39 is 0 Å². The summed E-state index contributed by atoms with van der Waals surface area (Å²) in [5, 5.41) is 7.01. The van der Waals surface area contributed by atoms with Gasteiger partial charge in [0.25, 0.3) is 5.91 Å². The van der Waals surface area contributed by atoms with E-state index in [0.29, 0.717) is 23.4 Å². The molecular weight excluding hydrogens is 302 g/mol. The van der Waals surface area contributed by atoms with Gasteiger partial charge < -0.3 is 5.32 Å². The molecule has 3 aromatic rings. The maximum Gasteiger partial charge on any atom is 0.258 e. The molecule has 0 saturated carbocycles. The lowest BCUT2D eigenvalue weighted by atomic mass is 10.1. The smallest absolute Gasteiger partial charge is 0.258 e. The first kappa shape index (κ1) is 15.7. The molecule has 1 heterocycles. The normalized spacial score (nSPS) is 10.4. The lowest BCUT2D eigenvalue weighted by Crippen LogP contribution is -2.11. The first-order valence-corrected chi connectivity index (χ1v) is 7.60. The minimum Gasteiger partial charge on any atom is -0.322 e. The highest BCUT2D eigenvalue weighted by Crippen LogP contribution is 2.13. The van der Waals surface area contributed by atoms with Crippen LogP contribution in [0.4, 0.5) is 5.69 Å². The molecule has 1 aromatic heterocycles. The number of ketones is 1. The van der Waals surface area contributed by atoms with Gasteiger partial charge in [-0.05, 0) is 24.6 Å². The number of rotatable bonds is 5. The summed E-state index contributed by atoms with van der Waals surface area (Å²) in [6.45, 7) is 2.10. The monoisotopic (exact) mass is 319 g/mol. The molecule has 0 spiro atoms. The Balaban J connectivity index is 1.70. The second kappa shape index (κ2) is 6.91. The molecule has 0 aliphatic carbocycles. The van der Waals surface area contributed by atoms with Crippen LogP contribution < -0.4 is 5.32 Å². The Labute approximate surface area is 139 Å². The molecule has 0 unspecified atom stereocenters. The molecule has 0 saturated heterocycles. The van der Waals surface area contributed by atoms with Gasteiger partial charge in [-0.15, -0.1) is 0 Å². The van der Waals surface area contributed by atoms with Gasteiger partial charge in [0.2, 0.25) is 0 Å². The van der Waals surface area contributed by atoms with Crippen molar-refractivity contribution in [3.05, 3.63) is 83.7 Å². The Bertz CT molecular complexity index is 869. The Hall–Kier alpha value is -3.21. The Morgan fingerprint density at radius 1 is 1.04 bits per heavy atom. The fourth-order valence-electron chi connectivity index (χ4n) is 2.36. The van der Waals surface area contributed by atoms with Crippen molar-refractivity contribution in [1.29, 1.82) is 0 Å². The van der Waals surface area contributed by atoms with Crippen LogP contribution in [0.1, 0.15) is 33.2 Å². The fourth-order valence-corrected chi connectivity index (χ4v) is 2.36. The molecule has 120 valence electrons. The number of hydrogen-bond donors (Lipinski definition) is 1. The summed E-state index contributed by atoms with van der Waals surface area (Å²) in [4.78, 5) is 23.7. The molecule has 5 heteroatoms. The van der Waals surface area contributed by atoms with Crippen LogP contribution in [-0.4, -0.2) is 21.5 Å². The van der Waals surface area contributed by atoms with E-state index in [-0.39, 0.29) is 11.7 Å². The summed E-state index contributed by atoms with van der Waals surface area (Å²) in [6.07, 6.45) is 3.24. The van der Waals surface area contributed by atoms with Gasteiger partial charge in [0.1, 0.15) is 0 Å². The van der Waals surface area contributed by atoms with Crippen molar-refractivity contribution in [2.45, 2.75) is 13.5 Å². The number of Topliss-reactive ketones (excluding diaryl/α,β-unsaturated/α-hetero) is 1. The van der Waals surface area contributed by atoms with Gasteiger partial charge in [-0.2, -0.15) is 5.10 Å². The minimum absolute atomic E-state index is 0.0400. The number of carbonyl (C=O) groups is 2. The van der Waals surface area contributed by atoms with Crippen molar-refractivity contribution in [2.75, 3.05) is 5.32 Å². The first-order chi connectivity index (χ1) is 11.6. The van der Waals surface area contributed by atoms with Crippen molar-refractivity contribution in [3.8, 4) is 0 Å². The lowest BCUT2D eigenvalue weighted by molar-refractivity contribution is 0.101. The predicted octanol–water partition coefficient (Wildman–Crippen LogP) is 3.39. The fraction of sp³-hybridized carbons (Fsp3) is 0.105. The number of benzene rings is 2. The van der Waals surface area contributed by atoms with Gasteiger partial charge in [-0.25, -0.2) is 0 Å². The third-order valence-electron chi connectivity index (χ3n) is 3.61. The molecule has 0 bridgehead atoms. The Morgan fingerprint density at radius 2 is 1.83 bits per heavy atom. The average molecular weight is 319 g/mol. The van der Waals surface area contributed by atoms with E-state index in [1.54, 1.807) is 35.1 Å². The molecule has 0 atom stereocenters. The predicted molar refractivity (Wildman–Crippen MR) is 92.2 cm³/mol. The van der Waals surface area contributed by atoms with Gasteiger partial charge in [0, 0.05) is 17.4 Å². The second-order valence-electron chi connectivity index (χ2n) is 5.50. The highest BCUT2D eigenvalue weighted by Gasteiger charge is 2.10. The zero-order valence-corrected chi connectivity index (χ0v) is 13.3. The summed E-state index contributed by atoms with van der Waals surface area (Å²) in [6, 6.07) is 16.8. The topological polar surface area (TPSA) is 64.0 Å². The van der Waals surface area contributed by atoms with Crippen LogP contribution in [0.25, 0.3) is 0 Å². The molecular formula is C19H17N3O2. The zero-order chi connectivity index (χ0) is 16.9. The second-order valence-corrected chi connectivity index (χ2v) is 5.50. The van der Waals surface area contributed by atoms with Crippen LogP contribution >= 0.6 is 0 Å². The minimum atomic E-state index is -0.255. The number of anilines is 1. The van der Waals surface area contributed by atoms with Gasteiger partial charge >= 0.3 is 0 Å². The molecule has 2 aromatic carbocycles. The molecule has 24 heavy (non-hydrogen) atoms. The van der Waals surface area contributed by atoms with Crippen LogP contribution in [0.15, 0.2) is 67.0 Å². The summed E-state index contributed by atoms with van der Waals surface area (Å²) in [5.41, 5.74) is 2.73. The molecule has 0 radical (unpaired) electrons. The standard InChI is InChI=1S/C19H17N3O2/c1-14(23)16-8-5-9-18(10-16)21-19(24)17-11-20-22(13-17)12-15-6-3-2-4-7-15/h2-11,13H,12H2,1H3,(H,21,24). The summed E-state index contributed by atoms with van der Waals surface area (Å²) < 4.78 is 1.72. The van der Waals surface area contributed by atoms with Crippen molar-refractivity contribution in [2.24, 2.45) is 0 Å². The van der Waals surface area contributed by atoms with E-state index in [9.17, 15) is 9.59 Å². The number of hydrogen-bond acceptors (Lipinski definition) is 3. The van der Waals surface area contributed by atoms with E-state index in [4.69, 9.17) is 0 Å². The van der Waals surface area contributed by atoms with Crippen molar-refractivity contribution in [3.63, 3.8) is 0 Å². The SMILES string of the molecule is CC(=O)c1cccc(NC(=O)c2cnn(Cc3ccccc3)c2)c1. The molecule has 1 N–H and O–H groups in total. The van der Waals surface area contributed by atoms with Crippen LogP contribution in [0.3, 0.4) is 0 Å². The third-order valence-corrected chi connectivity index (χ3v) is 3.61. The average Bonchev–Trinajstić information content (AvgIpc) is 3.04. The number of carbonyl (C=O) groups excluding carboxylic acids is 2. The van der Waals surface area contributed by atoms with Crippen LogP contribution in [0, 0.1) is 0 Å². The Morgan fingerprint density at radius 3 is 2.58 bits per heavy atom. The quantitative estimate of drug-likeness (QED) is 0.733. The van der Waals surface area contributed by atoms with E-state index in [1.807, 2.05) is 30.3 Å². The summed E-state index contributed by atoms with van der Waals surface area (Å²) in [5.74, 6) is -0.295. The van der Waals surface area contributed by atoms with Crippen LogP contribution in [-0.2, 0) is 6.54 Å². The molecule has 3 rings (SSSR count). The zero-order valence-electron chi connectivity index (χ0n) is 13.3. The number of aromatic nitrogens is 2.